The number of fused-ring (bicyclic) bond motifs is 1. The van der Waals surface area contributed by atoms with Gasteiger partial charge in [-0.1, -0.05) is 36.4 Å². The fourth-order valence-corrected chi connectivity index (χ4v) is 2.75. The van der Waals surface area contributed by atoms with E-state index in [1.807, 2.05) is 48.5 Å². The van der Waals surface area contributed by atoms with Crippen molar-refractivity contribution in [3.8, 4) is 5.75 Å². The Morgan fingerprint density at radius 1 is 1.15 bits per heavy atom. The summed E-state index contributed by atoms with van der Waals surface area (Å²) in [5, 5.41) is 10.4. The highest BCUT2D eigenvalue weighted by Gasteiger charge is 2.35. The molecule has 2 aromatic carbocycles. The normalized spacial score (nSPS) is 20.7. The second-order valence-corrected chi connectivity index (χ2v) is 5.33. The van der Waals surface area contributed by atoms with E-state index in [-0.39, 0.29) is 6.54 Å². The smallest absolute Gasteiger partial charge is 0.120 e. The van der Waals surface area contributed by atoms with Crippen molar-refractivity contribution in [2.75, 3.05) is 6.54 Å². The fraction of sp³-hybridized carbons (Fsp3) is 0.294. The van der Waals surface area contributed by atoms with E-state index in [0.717, 1.165) is 28.9 Å². The largest absolute Gasteiger partial charge is 0.489 e. The molecule has 0 aromatic heterocycles. The Balaban J connectivity index is 1.74. The van der Waals surface area contributed by atoms with Crippen molar-refractivity contribution < 1.29 is 9.84 Å². The monoisotopic (exact) mass is 269 g/mol. The predicted octanol–water partition coefficient (Wildman–Crippen LogP) is 2.36. The maximum absolute atomic E-state index is 10.4. The highest BCUT2D eigenvalue weighted by molar-refractivity contribution is 5.42. The molecule has 3 heteroatoms. The van der Waals surface area contributed by atoms with Gasteiger partial charge in [0.25, 0.3) is 0 Å². The Morgan fingerprint density at radius 2 is 1.95 bits per heavy atom. The Kier molecular flexibility index (Phi) is 3.47. The molecule has 3 nitrogen and oxygen atoms in total. The third-order valence-corrected chi connectivity index (χ3v) is 3.97. The zero-order chi connectivity index (χ0) is 14.0. The second-order valence-electron chi connectivity index (χ2n) is 5.33. The highest BCUT2D eigenvalue weighted by Crippen LogP contribution is 2.37. The van der Waals surface area contributed by atoms with E-state index < -0.39 is 5.60 Å². The number of aliphatic hydroxyl groups is 1. The molecule has 3 rings (SSSR count). The van der Waals surface area contributed by atoms with Gasteiger partial charge in [-0.25, -0.2) is 0 Å². The topological polar surface area (TPSA) is 55.5 Å². The number of aryl methyl sites for hydroxylation is 1. The van der Waals surface area contributed by atoms with Crippen molar-refractivity contribution in [2.24, 2.45) is 5.73 Å². The molecule has 0 aliphatic heterocycles. The van der Waals surface area contributed by atoms with Crippen LogP contribution >= 0.6 is 0 Å². The first-order chi connectivity index (χ1) is 9.71. The van der Waals surface area contributed by atoms with Gasteiger partial charge in [-0.05, 0) is 41.7 Å². The predicted molar refractivity (Wildman–Crippen MR) is 78.5 cm³/mol. The molecular formula is C17H19NO2. The van der Waals surface area contributed by atoms with Crippen LogP contribution in [0.5, 0.6) is 5.75 Å². The summed E-state index contributed by atoms with van der Waals surface area (Å²) in [6.07, 6.45) is 1.55. The summed E-state index contributed by atoms with van der Waals surface area (Å²) in [6, 6.07) is 16.0. The molecule has 2 aromatic rings. The van der Waals surface area contributed by atoms with Gasteiger partial charge in [0.2, 0.25) is 0 Å². The van der Waals surface area contributed by atoms with Gasteiger partial charge in [0, 0.05) is 6.54 Å². The molecule has 0 spiro atoms. The van der Waals surface area contributed by atoms with Gasteiger partial charge in [0.15, 0.2) is 0 Å². The molecule has 0 saturated carbocycles. The molecule has 1 atom stereocenters. The molecule has 20 heavy (non-hydrogen) atoms. The quantitative estimate of drug-likeness (QED) is 0.896. The Bertz CT molecular complexity index is 597. The first-order valence-electron chi connectivity index (χ1n) is 6.94. The van der Waals surface area contributed by atoms with E-state index >= 15 is 0 Å². The van der Waals surface area contributed by atoms with Crippen LogP contribution in [0.4, 0.5) is 0 Å². The number of ether oxygens (including phenoxy) is 1. The Hall–Kier alpha value is -1.84. The molecule has 0 bridgehead atoms. The standard InChI is InChI=1S/C17H19NO2/c18-12-17(19)9-8-14-10-15(6-7-16(14)17)20-11-13-4-2-1-3-5-13/h1-7,10,19H,8-9,11-12,18H2. The van der Waals surface area contributed by atoms with Gasteiger partial charge in [0.1, 0.15) is 18.0 Å². The zero-order valence-electron chi connectivity index (χ0n) is 11.4. The van der Waals surface area contributed by atoms with E-state index in [0.29, 0.717) is 13.0 Å². The van der Waals surface area contributed by atoms with Crippen LogP contribution in [0.1, 0.15) is 23.1 Å². The van der Waals surface area contributed by atoms with Crippen molar-refractivity contribution in [3.63, 3.8) is 0 Å². The molecule has 1 aliphatic rings. The maximum Gasteiger partial charge on any atom is 0.120 e. The van der Waals surface area contributed by atoms with Crippen LogP contribution in [0.2, 0.25) is 0 Å². The first kappa shape index (κ1) is 13.2. The van der Waals surface area contributed by atoms with E-state index in [1.54, 1.807) is 0 Å². The molecule has 0 saturated heterocycles. The lowest BCUT2D eigenvalue weighted by molar-refractivity contribution is 0.0481. The number of benzene rings is 2. The summed E-state index contributed by atoms with van der Waals surface area (Å²) >= 11 is 0. The van der Waals surface area contributed by atoms with Crippen LogP contribution in [-0.4, -0.2) is 11.7 Å². The van der Waals surface area contributed by atoms with Gasteiger partial charge >= 0.3 is 0 Å². The second kappa shape index (κ2) is 5.27. The van der Waals surface area contributed by atoms with E-state index in [1.165, 1.54) is 0 Å². The summed E-state index contributed by atoms with van der Waals surface area (Å²) in [5.74, 6) is 0.842. The number of nitrogens with two attached hydrogens (primary N) is 1. The summed E-state index contributed by atoms with van der Waals surface area (Å²) in [6.45, 7) is 0.824. The third-order valence-electron chi connectivity index (χ3n) is 3.97. The first-order valence-corrected chi connectivity index (χ1v) is 6.94. The van der Waals surface area contributed by atoms with Gasteiger partial charge in [-0.2, -0.15) is 0 Å². The summed E-state index contributed by atoms with van der Waals surface area (Å²) in [7, 11) is 0. The van der Waals surface area contributed by atoms with Crippen LogP contribution < -0.4 is 10.5 Å². The van der Waals surface area contributed by atoms with Gasteiger partial charge in [-0.15, -0.1) is 0 Å². The van der Waals surface area contributed by atoms with E-state index in [4.69, 9.17) is 10.5 Å². The summed E-state index contributed by atoms with van der Waals surface area (Å²) in [4.78, 5) is 0. The molecule has 0 amide bonds. The minimum atomic E-state index is -0.854. The Labute approximate surface area is 119 Å². The van der Waals surface area contributed by atoms with Crippen LogP contribution in [0.15, 0.2) is 48.5 Å². The van der Waals surface area contributed by atoms with Crippen LogP contribution in [0.3, 0.4) is 0 Å². The van der Waals surface area contributed by atoms with Gasteiger partial charge < -0.3 is 15.6 Å². The average Bonchev–Trinajstić information content (AvgIpc) is 2.84. The fourth-order valence-electron chi connectivity index (χ4n) is 2.75. The van der Waals surface area contributed by atoms with Crippen LogP contribution in [0.25, 0.3) is 0 Å². The van der Waals surface area contributed by atoms with Crippen LogP contribution in [0, 0.1) is 0 Å². The van der Waals surface area contributed by atoms with Gasteiger partial charge in [-0.3, -0.25) is 0 Å². The lowest BCUT2D eigenvalue weighted by Gasteiger charge is -2.21. The van der Waals surface area contributed by atoms with Crippen molar-refractivity contribution >= 4 is 0 Å². The number of rotatable bonds is 4. The molecule has 1 unspecified atom stereocenters. The van der Waals surface area contributed by atoms with Gasteiger partial charge in [0.05, 0.1) is 0 Å². The van der Waals surface area contributed by atoms with Crippen LogP contribution in [-0.2, 0) is 18.6 Å². The van der Waals surface area contributed by atoms with E-state index in [2.05, 4.69) is 0 Å². The van der Waals surface area contributed by atoms with Crippen molar-refractivity contribution in [1.82, 2.24) is 0 Å². The molecule has 1 aliphatic carbocycles. The number of hydrogen-bond acceptors (Lipinski definition) is 3. The number of hydrogen-bond donors (Lipinski definition) is 2. The van der Waals surface area contributed by atoms with Crippen molar-refractivity contribution in [1.29, 1.82) is 0 Å². The maximum atomic E-state index is 10.4. The van der Waals surface area contributed by atoms with Crippen molar-refractivity contribution in [3.05, 3.63) is 65.2 Å². The third kappa shape index (κ3) is 2.42. The van der Waals surface area contributed by atoms with E-state index in [9.17, 15) is 5.11 Å². The lowest BCUT2D eigenvalue weighted by Crippen LogP contribution is -2.32. The SMILES string of the molecule is NCC1(O)CCc2cc(OCc3ccccc3)ccc21. The summed E-state index contributed by atoms with van der Waals surface area (Å²) < 4.78 is 5.81. The summed E-state index contributed by atoms with van der Waals surface area (Å²) in [5.41, 5.74) is 8.06. The minimum Gasteiger partial charge on any atom is -0.489 e. The highest BCUT2D eigenvalue weighted by atomic mass is 16.5. The molecule has 0 radical (unpaired) electrons. The zero-order valence-corrected chi connectivity index (χ0v) is 11.4. The minimum absolute atomic E-state index is 0.268. The lowest BCUT2D eigenvalue weighted by atomic mass is 9.96. The average molecular weight is 269 g/mol. The molecule has 3 N–H and O–H groups in total. The molecular weight excluding hydrogens is 250 g/mol. The van der Waals surface area contributed by atoms with Crippen molar-refractivity contribution in [2.45, 2.75) is 25.0 Å². The molecule has 0 heterocycles. The molecule has 104 valence electrons. The molecule has 0 fully saturated rings. The Morgan fingerprint density at radius 3 is 2.70 bits per heavy atom.